The van der Waals surface area contributed by atoms with Crippen LogP contribution in [0.5, 0.6) is 0 Å². The number of allylic oxidation sites excluding steroid dienone is 1. The molecule has 1 rings (SSSR count). The zero-order valence-electron chi connectivity index (χ0n) is 12.1. The van der Waals surface area contributed by atoms with Crippen LogP contribution in [0.4, 0.5) is 0 Å². The molecular weight excluding hydrogens is 304 g/mol. The highest BCUT2D eigenvalue weighted by atomic mass is 32.2. The topological polar surface area (TPSA) is 109 Å². The molecule has 0 saturated carbocycles. The molecule has 2 amide bonds. The van der Waals surface area contributed by atoms with Gasteiger partial charge in [0.25, 0.3) is 5.91 Å². The Balaban J connectivity index is 2.87. The summed E-state index contributed by atoms with van der Waals surface area (Å²) in [4.78, 5) is 34.8. The van der Waals surface area contributed by atoms with E-state index in [1.165, 1.54) is 0 Å². The van der Waals surface area contributed by atoms with E-state index in [1.54, 1.807) is 43.3 Å². The number of carboxylic acids is 1. The Bertz CT molecular complexity index is 587. The van der Waals surface area contributed by atoms with Gasteiger partial charge in [-0.1, -0.05) is 24.3 Å². The van der Waals surface area contributed by atoms with Crippen molar-refractivity contribution in [3.8, 4) is 0 Å². The van der Waals surface area contributed by atoms with Gasteiger partial charge in [0.2, 0.25) is 5.91 Å². The Morgan fingerprint density at radius 3 is 2.64 bits per heavy atom. The van der Waals surface area contributed by atoms with E-state index in [4.69, 9.17) is 10.8 Å². The molecule has 0 aliphatic carbocycles. The van der Waals surface area contributed by atoms with Crippen LogP contribution in [0.3, 0.4) is 0 Å². The molecule has 7 heteroatoms. The minimum atomic E-state index is -1.10. The summed E-state index contributed by atoms with van der Waals surface area (Å²) in [7, 11) is 0. The molecular formula is C15H18N2O4S. The van der Waals surface area contributed by atoms with Crippen molar-refractivity contribution in [3.05, 3.63) is 42.0 Å². The third kappa shape index (κ3) is 5.61. The lowest BCUT2D eigenvalue weighted by Gasteiger charge is -2.14. The highest BCUT2D eigenvalue weighted by Crippen LogP contribution is 2.22. The number of carbonyl (C=O) groups excluding carboxylic acids is 2. The summed E-state index contributed by atoms with van der Waals surface area (Å²) in [6.07, 6.45) is 3.60. The van der Waals surface area contributed by atoms with Crippen LogP contribution in [0.25, 0.3) is 0 Å². The van der Waals surface area contributed by atoms with E-state index in [0.29, 0.717) is 10.5 Å². The standard InChI is InChI=1S/C15H18N2O4S/c1-2-3-7-11(15(20)21)17-14(19)10-6-4-5-8-12(10)22-9-13(16)18/h2-6,8,11H,7,9H2,1H3,(H2,16,18)(H,17,19)(H,20,21)/b3-2+. The monoisotopic (exact) mass is 322 g/mol. The van der Waals surface area contributed by atoms with Crippen molar-refractivity contribution in [1.82, 2.24) is 5.32 Å². The molecule has 0 radical (unpaired) electrons. The van der Waals surface area contributed by atoms with Crippen LogP contribution in [0, 0.1) is 0 Å². The van der Waals surface area contributed by atoms with Crippen LogP contribution in [-0.4, -0.2) is 34.7 Å². The van der Waals surface area contributed by atoms with Gasteiger partial charge in [0.15, 0.2) is 0 Å². The van der Waals surface area contributed by atoms with Crippen LogP contribution in [0.2, 0.25) is 0 Å². The summed E-state index contributed by atoms with van der Waals surface area (Å²) in [5.41, 5.74) is 5.42. The second-order valence-corrected chi connectivity index (χ2v) is 5.44. The third-order valence-corrected chi connectivity index (χ3v) is 3.81. The van der Waals surface area contributed by atoms with Crippen molar-refractivity contribution >= 4 is 29.5 Å². The summed E-state index contributed by atoms with van der Waals surface area (Å²) < 4.78 is 0. The van der Waals surface area contributed by atoms with Crippen molar-refractivity contribution < 1.29 is 19.5 Å². The zero-order chi connectivity index (χ0) is 16.5. The highest BCUT2D eigenvalue weighted by Gasteiger charge is 2.21. The Hall–Kier alpha value is -2.28. The summed E-state index contributed by atoms with van der Waals surface area (Å²) in [5.74, 6) is -2.04. The van der Waals surface area contributed by atoms with Gasteiger partial charge in [-0.25, -0.2) is 4.79 Å². The first kappa shape index (κ1) is 17.8. The van der Waals surface area contributed by atoms with Crippen molar-refractivity contribution in [2.75, 3.05) is 5.75 Å². The zero-order valence-corrected chi connectivity index (χ0v) is 12.9. The average molecular weight is 322 g/mol. The largest absolute Gasteiger partial charge is 0.480 e. The van der Waals surface area contributed by atoms with E-state index < -0.39 is 23.8 Å². The fourth-order valence-electron chi connectivity index (χ4n) is 1.66. The molecule has 0 saturated heterocycles. The minimum Gasteiger partial charge on any atom is -0.480 e. The average Bonchev–Trinajstić information content (AvgIpc) is 2.49. The normalized spacial score (nSPS) is 12.0. The summed E-state index contributed by atoms with van der Waals surface area (Å²) in [6.45, 7) is 1.77. The van der Waals surface area contributed by atoms with E-state index in [0.717, 1.165) is 11.8 Å². The maximum absolute atomic E-state index is 12.3. The molecule has 1 atom stereocenters. The number of benzene rings is 1. The molecule has 4 N–H and O–H groups in total. The van der Waals surface area contributed by atoms with Gasteiger partial charge in [0.1, 0.15) is 6.04 Å². The predicted molar refractivity (Wildman–Crippen MR) is 84.7 cm³/mol. The number of carbonyl (C=O) groups is 3. The van der Waals surface area contributed by atoms with Gasteiger partial charge < -0.3 is 16.2 Å². The van der Waals surface area contributed by atoms with E-state index in [1.807, 2.05) is 0 Å². The lowest BCUT2D eigenvalue weighted by atomic mass is 10.1. The van der Waals surface area contributed by atoms with Gasteiger partial charge in [0, 0.05) is 4.90 Å². The van der Waals surface area contributed by atoms with Crippen molar-refractivity contribution in [2.24, 2.45) is 5.73 Å². The van der Waals surface area contributed by atoms with Crippen LogP contribution in [0.1, 0.15) is 23.7 Å². The summed E-state index contributed by atoms with van der Waals surface area (Å²) in [6, 6.07) is 5.66. The van der Waals surface area contributed by atoms with Gasteiger partial charge >= 0.3 is 5.97 Å². The molecule has 0 aliphatic rings. The fourth-order valence-corrected chi connectivity index (χ4v) is 2.45. The van der Waals surface area contributed by atoms with Gasteiger partial charge in [-0.2, -0.15) is 0 Å². The number of hydrogen-bond acceptors (Lipinski definition) is 4. The second kappa shape index (κ2) is 8.89. The van der Waals surface area contributed by atoms with E-state index >= 15 is 0 Å². The van der Waals surface area contributed by atoms with Gasteiger partial charge in [-0.05, 0) is 25.5 Å². The minimum absolute atomic E-state index is 0.0469. The Labute approximate surface area is 132 Å². The maximum atomic E-state index is 12.3. The molecule has 0 aliphatic heterocycles. The van der Waals surface area contributed by atoms with E-state index in [9.17, 15) is 14.4 Å². The molecule has 0 spiro atoms. The molecule has 1 aromatic carbocycles. The SMILES string of the molecule is C/C=C/CC(NC(=O)c1ccccc1SCC(N)=O)C(=O)O. The number of primary amides is 1. The maximum Gasteiger partial charge on any atom is 0.326 e. The molecule has 0 heterocycles. The molecule has 6 nitrogen and oxygen atoms in total. The number of rotatable bonds is 8. The predicted octanol–water partition coefficient (Wildman–Crippen LogP) is 1.41. The highest BCUT2D eigenvalue weighted by molar-refractivity contribution is 8.00. The fraction of sp³-hybridized carbons (Fsp3) is 0.267. The number of thioether (sulfide) groups is 1. The Morgan fingerprint density at radius 2 is 2.05 bits per heavy atom. The first-order valence-electron chi connectivity index (χ1n) is 6.60. The number of hydrogen-bond donors (Lipinski definition) is 3. The van der Waals surface area contributed by atoms with Crippen LogP contribution < -0.4 is 11.1 Å². The van der Waals surface area contributed by atoms with Crippen LogP contribution >= 0.6 is 11.8 Å². The molecule has 22 heavy (non-hydrogen) atoms. The van der Waals surface area contributed by atoms with Crippen molar-refractivity contribution in [1.29, 1.82) is 0 Å². The smallest absolute Gasteiger partial charge is 0.326 e. The molecule has 1 unspecified atom stereocenters. The van der Waals surface area contributed by atoms with Crippen molar-refractivity contribution in [2.45, 2.75) is 24.3 Å². The number of nitrogens with one attached hydrogen (secondary N) is 1. The Kier molecular flexibility index (Phi) is 7.18. The van der Waals surface area contributed by atoms with Crippen molar-refractivity contribution in [3.63, 3.8) is 0 Å². The Morgan fingerprint density at radius 1 is 1.36 bits per heavy atom. The quantitative estimate of drug-likeness (QED) is 0.495. The van der Waals surface area contributed by atoms with Gasteiger partial charge in [-0.3, -0.25) is 9.59 Å². The van der Waals surface area contributed by atoms with Crippen LogP contribution in [0.15, 0.2) is 41.3 Å². The number of aliphatic carboxylic acids is 1. The lowest BCUT2D eigenvalue weighted by Crippen LogP contribution is -2.40. The summed E-state index contributed by atoms with van der Waals surface area (Å²) >= 11 is 1.14. The van der Waals surface area contributed by atoms with E-state index in [2.05, 4.69) is 5.32 Å². The second-order valence-electron chi connectivity index (χ2n) is 4.42. The summed E-state index contributed by atoms with van der Waals surface area (Å²) in [5, 5.41) is 11.6. The van der Waals surface area contributed by atoms with Gasteiger partial charge in [0.05, 0.1) is 11.3 Å². The molecule has 118 valence electrons. The van der Waals surface area contributed by atoms with Gasteiger partial charge in [-0.15, -0.1) is 11.8 Å². The first-order valence-corrected chi connectivity index (χ1v) is 7.59. The third-order valence-electron chi connectivity index (χ3n) is 2.71. The molecule has 0 aromatic heterocycles. The van der Waals surface area contributed by atoms with Crippen LogP contribution in [-0.2, 0) is 9.59 Å². The lowest BCUT2D eigenvalue weighted by molar-refractivity contribution is -0.139. The molecule has 1 aromatic rings. The molecule has 0 fully saturated rings. The number of carboxylic acid groups (broad SMARTS) is 1. The number of amides is 2. The van der Waals surface area contributed by atoms with E-state index in [-0.39, 0.29) is 12.2 Å². The molecule has 0 bridgehead atoms. The number of nitrogens with two attached hydrogens (primary N) is 1. The first-order chi connectivity index (χ1) is 10.5.